The van der Waals surface area contributed by atoms with Crippen molar-refractivity contribution in [3.63, 3.8) is 0 Å². The number of hydrogen-bond donors (Lipinski definition) is 1. The molecule has 0 aliphatic rings. The quantitative estimate of drug-likeness (QED) is 0.429. The average molecular weight is 503 g/mol. The number of carbonyl (C=O) groups excluding carboxylic acids is 1. The molecule has 7 nitrogen and oxygen atoms in total. The zero-order valence-electron chi connectivity index (χ0n) is 19.2. The third-order valence-electron chi connectivity index (χ3n) is 5.29. The summed E-state index contributed by atoms with van der Waals surface area (Å²) in [6.45, 7) is 1.53. The number of anilines is 1. The summed E-state index contributed by atoms with van der Waals surface area (Å²) in [4.78, 5) is 13.1. The van der Waals surface area contributed by atoms with Crippen LogP contribution in [0, 0.1) is 0 Å². The fourth-order valence-electron chi connectivity index (χ4n) is 3.45. The molecular weight excluding hydrogens is 476 g/mol. The first-order chi connectivity index (χ1) is 16.3. The smallest absolute Gasteiger partial charge is 0.264 e. The molecule has 0 aliphatic heterocycles. The van der Waals surface area contributed by atoms with E-state index in [-0.39, 0.29) is 16.6 Å². The molecule has 180 valence electrons. The zero-order valence-corrected chi connectivity index (χ0v) is 20.8. The SMILES string of the molecule is CCC(NC(=O)CN(c1cccc(Cl)c1)S(=O)(=O)c1ccc(OC)cc1)c1ccc(OC)cc1. The molecule has 1 atom stereocenters. The summed E-state index contributed by atoms with van der Waals surface area (Å²) in [7, 11) is -0.981. The van der Waals surface area contributed by atoms with Gasteiger partial charge in [-0.2, -0.15) is 0 Å². The normalized spacial score (nSPS) is 12.0. The molecule has 0 fully saturated rings. The number of halogens is 1. The van der Waals surface area contributed by atoms with Crippen molar-refractivity contribution in [3.05, 3.63) is 83.4 Å². The Bertz CT molecular complexity index is 1210. The van der Waals surface area contributed by atoms with E-state index in [2.05, 4.69) is 5.32 Å². The van der Waals surface area contributed by atoms with E-state index in [1.54, 1.807) is 37.4 Å². The van der Waals surface area contributed by atoms with Crippen molar-refractivity contribution in [2.75, 3.05) is 25.1 Å². The van der Waals surface area contributed by atoms with Crippen LogP contribution in [-0.2, 0) is 14.8 Å². The van der Waals surface area contributed by atoms with Gasteiger partial charge in [0.2, 0.25) is 5.91 Å². The molecule has 0 aromatic heterocycles. The highest BCUT2D eigenvalue weighted by Crippen LogP contribution is 2.27. The van der Waals surface area contributed by atoms with Crippen LogP contribution in [-0.4, -0.2) is 35.1 Å². The Morgan fingerprint density at radius 2 is 1.56 bits per heavy atom. The highest BCUT2D eigenvalue weighted by atomic mass is 35.5. The molecule has 0 saturated carbocycles. The van der Waals surface area contributed by atoms with Crippen LogP contribution >= 0.6 is 11.6 Å². The van der Waals surface area contributed by atoms with Gasteiger partial charge in [0.15, 0.2) is 0 Å². The van der Waals surface area contributed by atoms with Crippen LogP contribution in [0.4, 0.5) is 5.69 Å². The largest absolute Gasteiger partial charge is 0.497 e. The summed E-state index contributed by atoms with van der Waals surface area (Å²) >= 11 is 6.12. The molecule has 0 aliphatic carbocycles. The number of nitrogens with zero attached hydrogens (tertiary/aromatic N) is 1. The molecule has 0 radical (unpaired) electrons. The van der Waals surface area contributed by atoms with E-state index in [1.807, 2.05) is 31.2 Å². The molecule has 9 heteroatoms. The van der Waals surface area contributed by atoms with Gasteiger partial charge in [-0.05, 0) is 66.6 Å². The van der Waals surface area contributed by atoms with Gasteiger partial charge in [-0.25, -0.2) is 8.42 Å². The van der Waals surface area contributed by atoms with Crippen molar-refractivity contribution < 1.29 is 22.7 Å². The van der Waals surface area contributed by atoms with Crippen LogP contribution in [0.3, 0.4) is 0 Å². The van der Waals surface area contributed by atoms with Crippen LogP contribution in [0.5, 0.6) is 11.5 Å². The van der Waals surface area contributed by atoms with Gasteiger partial charge in [-0.15, -0.1) is 0 Å². The lowest BCUT2D eigenvalue weighted by molar-refractivity contribution is -0.120. The Kier molecular flexibility index (Phi) is 8.41. The lowest BCUT2D eigenvalue weighted by atomic mass is 10.0. The van der Waals surface area contributed by atoms with Crippen LogP contribution < -0.4 is 19.1 Å². The highest BCUT2D eigenvalue weighted by molar-refractivity contribution is 7.92. The standard InChI is InChI=1S/C25H27ClN2O5S/c1-4-24(18-8-10-21(32-2)11-9-18)27-25(29)17-28(20-7-5-6-19(26)16-20)34(30,31)23-14-12-22(33-3)13-15-23/h5-16,24H,4,17H2,1-3H3,(H,27,29). The van der Waals surface area contributed by atoms with Gasteiger partial charge in [0.05, 0.1) is 30.8 Å². The predicted octanol–water partition coefficient (Wildman–Crippen LogP) is 4.82. The minimum absolute atomic E-state index is 0.0308. The Balaban J connectivity index is 1.89. The maximum Gasteiger partial charge on any atom is 0.264 e. The fourth-order valence-corrected chi connectivity index (χ4v) is 5.05. The first-order valence-electron chi connectivity index (χ1n) is 10.6. The van der Waals surface area contributed by atoms with Gasteiger partial charge >= 0.3 is 0 Å². The third kappa shape index (κ3) is 6.01. The number of methoxy groups -OCH3 is 2. The summed E-state index contributed by atoms with van der Waals surface area (Å²) in [6.07, 6.45) is 0.625. The maximum atomic E-state index is 13.5. The van der Waals surface area contributed by atoms with Crippen LogP contribution in [0.15, 0.2) is 77.7 Å². The Labute approximate surface area is 205 Å². The van der Waals surface area contributed by atoms with Crippen molar-refractivity contribution in [3.8, 4) is 11.5 Å². The summed E-state index contributed by atoms with van der Waals surface area (Å²) < 4.78 is 38.4. The maximum absolute atomic E-state index is 13.5. The molecule has 0 bridgehead atoms. The Hall–Kier alpha value is -3.23. The zero-order chi connectivity index (χ0) is 24.7. The monoisotopic (exact) mass is 502 g/mol. The summed E-state index contributed by atoms with van der Waals surface area (Å²) in [5.41, 5.74) is 1.18. The Morgan fingerprint density at radius 3 is 2.09 bits per heavy atom. The van der Waals surface area contributed by atoms with Crippen molar-refractivity contribution in [2.45, 2.75) is 24.3 Å². The first-order valence-corrected chi connectivity index (χ1v) is 12.5. The summed E-state index contributed by atoms with van der Waals surface area (Å²) in [6, 6.07) is 19.5. The van der Waals surface area contributed by atoms with E-state index in [4.69, 9.17) is 21.1 Å². The van der Waals surface area contributed by atoms with E-state index in [0.29, 0.717) is 22.9 Å². The van der Waals surface area contributed by atoms with E-state index in [0.717, 1.165) is 9.87 Å². The molecule has 0 spiro atoms. The second kappa shape index (κ2) is 11.3. The van der Waals surface area contributed by atoms with Gasteiger partial charge in [0.25, 0.3) is 10.0 Å². The molecule has 3 rings (SSSR count). The van der Waals surface area contributed by atoms with Gasteiger partial charge in [-0.3, -0.25) is 9.10 Å². The number of hydrogen-bond acceptors (Lipinski definition) is 5. The molecule has 0 heterocycles. The van der Waals surface area contributed by atoms with E-state index < -0.39 is 22.5 Å². The number of amides is 1. The van der Waals surface area contributed by atoms with Crippen molar-refractivity contribution in [1.82, 2.24) is 5.32 Å². The second-order valence-electron chi connectivity index (χ2n) is 7.47. The minimum atomic E-state index is -4.07. The predicted molar refractivity (Wildman–Crippen MR) is 133 cm³/mol. The number of nitrogens with one attached hydrogen (secondary N) is 1. The highest BCUT2D eigenvalue weighted by Gasteiger charge is 2.28. The molecular formula is C25H27ClN2O5S. The summed E-state index contributed by atoms with van der Waals surface area (Å²) in [5, 5.41) is 3.30. The van der Waals surface area contributed by atoms with Gasteiger partial charge in [0.1, 0.15) is 18.0 Å². The third-order valence-corrected chi connectivity index (χ3v) is 7.32. The van der Waals surface area contributed by atoms with Crippen LogP contribution in [0.1, 0.15) is 24.9 Å². The topological polar surface area (TPSA) is 84.9 Å². The van der Waals surface area contributed by atoms with Crippen LogP contribution in [0.25, 0.3) is 0 Å². The molecule has 1 N–H and O–H groups in total. The lowest BCUT2D eigenvalue weighted by Crippen LogP contribution is -2.42. The molecule has 0 saturated heterocycles. The van der Waals surface area contributed by atoms with E-state index in [9.17, 15) is 13.2 Å². The number of carbonyl (C=O) groups is 1. The first kappa shape index (κ1) is 25.4. The minimum Gasteiger partial charge on any atom is -0.497 e. The number of sulfonamides is 1. The molecule has 3 aromatic carbocycles. The number of benzene rings is 3. The number of ether oxygens (including phenoxy) is 2. The molecule has 1 amide bonds. The average Bonchev–Trinajstić information content (AvgIpc) is 2.85. The summed E-state index contributed by atoms with van der Waals surface area (Å²) in [5.74, 6) is 0.790. The van der Waals surface area contributed by atoms with Crippen LogP contribution in [0.2, 0.25) is 5.02 Å². The lowest BCUT2D eigenvalue weighted by Gasteiger charge is -2.26. The number of rotatable bonds is 10. The molecule has 3 aromatic rings. The Morgan fingerprint density at radius 1 is 0.971 bits per heavy atom. The van der Waals surface area contributed by atoms with Crippen molar-refractivity contribution >= 4 is 33.2 Å². The van der Waals surface area contributed by atoms with E-state index in [1.165, 1.54) is 25.3 Å². The second-order valence-corrected chi connectivity index (χ2v) is 9.77. The van der Waals surface area contributed by atoms with Gasteiger partial charge < -0.3 is 14.8 Å². The van der Waals surface area contributed by atoms with Gasteiger partial charge in [-0.1, -0.05) is 36.7 Å². The van der Waals surface area contributed by atoms with Crippen molar-refractivity contribution in [2.24, 2.45) is 0 Å². The molecule has 1 unspecified atom stereocenters. The molecule has 34 heavy (non-hydrogen) atoms. The van der Waals surface area contributed by atoms with E-state index >= 15 is 0 Å². The van der Waals surface area contributed by atoms with Gasteiger partial charge in [0, 0.05) is 5.02 Å². The van der Waals surface area contributed by atoms with Crippen molar-refractivity contribution in [1.29, 1.82) is 0 Å². The fraction of sp³-hybridized carbons (Fsp3) is 0.240.